The lowest BCUT2D eigenvalue weighted by molar-refractivity contribution is 0.707. The molecule has 0 bridgehead atoms. The lowest BCUT2D eigenvalue weighted by Gasteiger charge is -2.31. The molecule has 0 saturated heterocycles. The SMILES string of the molecule is Cc1cc(N2CCc3ccccc3C2)nc(N2c3ccccc3CC2C)n1. The summed E-state index contributed by atoms with van der Waals surface area (Å²) in [6, 6.07) is 19.8. The quantitative estimate of drug-likeness (QED) is 0.680. The van der Waals surface area contributed by atoms with Gasteiger partial charge in [0.2, 0.25) is 5.95 Å². The Bertz CT molecular complexity index is 997. The average molecular weight is 356 g/mol. The summed E-state index contributed by atoms with van der Waals surface area (Å²) in [5.74, 6) is 1.85. The maximum absolute atomic E-state index is 5.00. The molecule has 136 valence electrons. The maximum Gasteiger partial charge on any atom is 0.232 e. The van der Waals surface area contributed by atoms with Crippen molar-refractivity contribution >= 4 is 17.5 Å². The Morgan fingerprint density at radius 1 is 0.926 bits per heavy atom. The van der Waals surface area contributed by atoms with Gasteiger partial charge in [0.1, 0.15) is 5.82 Å². The minimum atomic E-state index is 0.374. The van der Waals surface area contributed by atoms with Crippen LogP contribution in [0.5, 0.6) is 0 Å². The first-order valence-corrected chi connectivity index (χ1v) is 9.73. The standard InChI is InChI=1S/C23H24N4/c1-16-13-22(26-12-11-18-7-3-4-9-20(18)15-26)25-23(24-16)27-17(2)14-19-8-5-6-10-21(19)27/h3-10,13,17H,11-12,14-15H2,1-2H3. The monoisotopic (exact) mass is 356 g/mol. The number of hydrogen-bond acceptors (Lipinski definition) is 4. The zero-order valence-electron chi connectivity index (χ0n) is 15.9. The number of para-hydroxylation sites is 1. The number of aryl methyl sites for hydroxylation is 1. The largest absolute Gasteiger partial charge is 0.352 e. The van der Waals surface area contributed by atoms with Gasteiger partial charge in [-0.1, -0.05) is 42.5 Å². The minimum Gasteiger partial charge on any atom is -0.352 e. The highest BCUT2D eigenvalue weighted by atomic mass is 15.3. The molecule has 3 heterocycles. The molecule has 0 fully saturated rings. The summed E-state index contributed by atoms with van der Waals surface area (Å²) in [5, 5.41) is 0. The summed E-state index contributed by atoms with van der Waals surface area (Å²) in [4.78, 5) is 14.5. The van der Waals surface area contributed by atoms with Crippen LogP contribution in [0.15, 0.2) is 54.6 Å². The van der Waals surface area contributed by atoms with Crippen LogP contribution >= 0.6 is 0 Å². The van der Waals surface area contributed by atoms with Crippen LogP contribution < -0.4 is 9.80 Å². The molecule has 0 aliphatic carbocycles. The Morgan fingerprint density at radius 3 is 2.52 bits per heavy atom. The van der Waals surface area contributed by atoms with E-state index < -0.39 is 0 Å². The zero-order valence-corrected chi connectivity index (χ0v) is 15.9. The third-order valence-corrected chi connectivity index (χ3v) is 5.71. The maximum atomic E-state index is 5.00. The van der Waals surface area contributed by atoms with Gasteiger partial charge in [-0.2, -0.15) is 4.98 Å². The molecule has 0 radical (unpaired) electrons. The van der Waals surface area contributed by atoms with Crippen LogP contribution in [0.25, 0.3) is 0 Å². The number of hydrogen-bond donors (Lipinski definition) is 0. The van der Waals surface area contributed by atoms with Crippen molar-refractivity contribution < 1.29 is 0 Å². The molecule has 0 amide bonds. The Labute approximate surface area is 160 Å². The molecule has 4 heteroatoms. The first kappa shape index (κ1) is 16.3. The number of benzene rings is 2. The lowest BCUT2D eigenvalue weighted by atomic mass is 10.00. The summed E-state index contributed by atoms with van der Waals surface area (Å²) >= 11 is 0. The Kier molecular flexibility index (Phi) is 3.85. The third-order valence-electron chi connectivity index (χ3n) is 5.71. The zero-order chi connectivity index (χ0) is 18.4. The van der Waals surface area contributed by atoms with Crippen LogP contribution in [0.2, 0.25) is 0 Å². The molecule has 5 rings (SSSR count). The highest BCUT2D eigenvalue weighted by Crippen LogP contribution is 2.37. The van der Waals surface area contributed by atoms with Crippen LogP contribution in [0.1, 0.15) is 29.3 Å². The van der Waals surface area contributed by atoms with E-state index in [0.29, 0.717) is 6.04 Å². The van der Waals surface area contributed by atoms with Gasteiger partial charge >= 0.3 is 0 Å². The topological polar surface area (TPSA) is 32.3 Å². The van der Waals surface area contributed by atoms with E-state index in [-0.39, 0.29) is 0 Å². The summed E-state index contributed by atoms with van der Waals surface area (Å²) in [7, 11) is 0. The van der Waals surface area contributed by atoms with E-state index in [1.165, 1.54) is 22.4 Å². The second-order valence-corrected chi connectivity index (χ2v) is 7.66. The van der Waals surface area contributed by atoms with Crippen molar-refractivity contribution in [2.45, 2.75) is 39.3 Å². The van der Waals surface area contributed by atoms with Gasteiger partial charge in [0.05, 0.1) is 0 Å². The normalized spacial score (nSPS) is 18.4. The number of anilines is 3. The molecule has 0 spiro atoms. The molecule has 4 nitrogen and oxygen atoms in total. The fourth-order valence-electron chi connectivity index (χ4n) is 4.37. The van der Waals surface area contributed by atoms with Crippen LogP contribution in [-0.2, 0) is 19.4 Å². The van der Waals surface area contributed by atoms with Crippen molar-refractivity contribution in [2.75, 3.05) is 16.3 Å². The second kappa shape index (κ2) is 6.38. The number of nitrogens with zero attached hydrogens (tertiary/aromatic N) is 4. The van der Waals surface area contributed by atoms with E-state index in [4.69, 9.17) is 9.97 Å². The summed E-state index contributed by atoms with van der Waals surface area (Å²) in [6.45, 7) is 6.24. The molecule has 27 heavy (non-hydrogen) atoms. The van der Waals surface area contributed by atoms with Gasteiger partial charge < -0.3 is 9.80 Å². The number of rotatable bonds is 2. The van der Waals surface area contributed by atoms with E-state index in [2.05, 4.69) is 78.2 Å². The molecule has 2 aliphatic rings. The predicted molar refractivity (Wildman–Crippen MR) is 110 cm³/mol. The number of fused-ring (bicyclic) bond motifs is 2. The fraction of sp³-hybridized carbons (Fsp3) is 0.304. The van der Waals surface area contributed by atoms with Gasteiger partial charge in [-0.3, -0.25) is 0 Å². The van der Waals surface area contributed by atoms with Crippen molar-refractivity contribution in [2.24, 2.45) is 0 Å². The van der Waals surface area contributed by atoms with Crippen LogP contribution in [0, 0.1) is 6.92 Å². The van der Waals surface area contributed by atoms with Gasteiger partial charge in [0, 0.05) is 36.6 Å². The Morgan fingerprint density at radius 2 is 1.67 bits per heavy atom. The Balaban J connectivity index is 1.51. The molecule has 1 unspecified atom stereocenters. The van der Waals surface area contributed by atoms with E-state index >= 15 is 0 Å². The van der Waals surface area contributed by atoms with Crippen LogP contribution in [0.3, 0.4) is 0 Å². The second-order valence-electron chi connectivity index (χ2n) is 7.66. The van der Waals surface area contributed by atoms with Gasteiger partial charge in [-0.15, -0.1) is 0 Å². The molecular weight excluding hydrogens is 332 g/mol. The lowest BCUT2D eigenvalue weighted by Crippen LogP contribution is -2.32. The minimum absolute atomic E-state index is 0.374. The van der Waals surface area contributed by atoms with E-state index in [9.17, 15) is 0 Å². The smallest absolute Gasteiger partial charge is 0.232 e. The molecule has 0 N–H and O–H groups in total. The highest BCUT2D eigenvalue weighted by molar-refractivity contribution is 5.68. The van der Waals surface area contributed by atoms with Gasteiger partial charge in [0.15, 0.2) is 0 Å². The summed E-state index contributed by atoms with van der Waals surface area (Å²) in [6.07, 6.45) is 2.11. The van der Waals surface area contributed by atoms with Crippen LogP contribution in [-0.4, -0.2) is 22.6 Å². The third kappa shape index (κ3) is 2.85. The summed E-state index contributed by atoms with van der Waals surface area (Å²) in [5.41, 5.74) is 6.50. The van der Waals surface area contributed by atoms with Crippen molar-refractivity contribution in [1.82, 2.24) is 9.97 Å². The van der Waals surface area contributed by atoms with Crippen molar-refractivity contribution in [3.8, 4) is 0 Å². The molecule has 0 saturated carbocycles. The predicted octanol–water partition coefficient (Wildman–Crippen LogP) is 4.43. The van der Waals surface area contributed by atoms with E-state index in [1.807, 2.05) is 0 Å². The molecule has 1 aromatic heterocycles. The first-order chi connectivity index (χ1) is 13.2. The van der Waals surface area contributed by atoms with E-state index in [1.54, 1.807) is 0 Å². The number of aromatic nitrogens is 2. The molecule has 2 aliphatic heterocycles. The van der Waals surface area contributed by atoms with Crippen molar-refractivity contribution in [3.05, 3.63) is 77.0 Å². The Hall–Kier alpha value is -2.88. The fourth-order valence-corrected chi connectivity index (χ4v) is 4.37. The van der Waals surface area contributed by atoms with Crippen molar-refractivity contribution in [3.63, 3.8) is 0 Å². The van der Waals surface area contributed by atoms with Gasteiger partial charge in [-0.25, -0.2) is 4.98 Å². The summed E-state index contributed by atoms with van der Waals surface area (Å²) < 4.78 is 0. The van der Waals surface area contributed by atoms with Gasteiger partial charge in [0.25, 0.3) is 0 Å². The van der Waals surface area contributed by atoms with Crippen LogP contribution in [0.4, 0.5) is 17.5 Å². The van der Waals surface area contributed by atoms with E-state index in [0.717, 1.165) is 43.4 Å². The van der Waals surface area contributed by atoms with Gasteiger partial charge in [-0.05, 0) is 49.4 Å². The average Bonchev–Trinajstić information content (AvgIpc) is 3.03. The molecule has 3 aromatic rings. The molecule has 1 atom stereocenters. The molecule has 2 aromatic carbocycles. The highest BCUT2D eigenvalue weighted by Gasteiger charge is 2.29. The van der Waals surface area contributed by atoms with Crippen molar-refractivity contribution in [1.29, 1.82) is 0 Å². The molecular formula is C23H24N4. The first-order valence-electron chi connectivity index (χ1n) is 9.73.